The number of carbonyl (C=O) groups excluding carboxylic acids is 1. The Kier molecular flexibility index (Phi) is 6.51. The molecule has 166 valence electrons. The number of ketones is 1. The Morgan fingerprint density at radius 2 is 1.61 bits per heavy atom. The molecule has 0 saturated carbocycles. The van der Waals surface area contributed by atoms with E-state index in [0.29, 0.717) is 12.2 Å². The van der Waals surface area contributed by atoms with Gasteiger partial charge < -0.3 is 14.2 Å². The molecule has 2 heterocycles. The Morgan fingerprint density at radius 1 is 0.935 bits per heavy atom. The molecule has 3 atom stereocenters. The predicted molar refractivity (Wildman–Crippen MR) is 121 cm³/mol. The summed E-state index contributed by atoms with van der Waals surface area (Å²) >= 11 is 0. The second-order valence-corrected chi connectivity index (χ2v) is 8.64. The first-order chi connectivity index (χ1) is 15.1. The molecule has 0 amide bonds. The Hall–Kier alpha value is -2.53. The summed E-state index contributed by atoms with van der Waals surface area (Å²) in [5, 5.41) is 0. The first-order valence-corrected chi connectivity index (χ1v) is 11.3. The Bertz CT molecular complexity index is 924. The van der Waals surface area contributed by atoms with Crippen LogP contribution in [-0.2, 0) is 4.79 Å². The lowest BCUT2D eigenvalue weighted by Crippen LogP contribution is -2.47. The summed E-state index contributed by atoms with van der Waals surface area (Å²) < 4.78 is 16.6. The average Bonchev–Trinajstić information content (AvgIpc) is 2.81. The number of hydrogen-bond acceptors (Lipinski definition) is 5. The molecule has 3 unspecified atom stereocenters. The third kappa shape index (κ3) is 4.16. The lowest BCUT2D eigenvalue weighted by atomic mass is 9.76. The molecule has 0 aliphatic carbocycles. The normalized spacial score (nSPS) is 23.1. The summed E-state index contributed by atoms with van der Waals surface area (Å²) in [4.78, 5) is 15.5. The zero-order chi connectivity index (χ0) is 22.0. The van der Waals surface area contributed by atoms with Crippen LogP contribution >= 0.6 is 0 Å². The fourth-order valence-electron chi connectivity index (χ4n) is 5.16. The van der Waals surface area contributed by atoms with E-state index in [-0.39, 0.29) is 17.9 Å². The van der Waals surface area contributed by atoms with Gasteiger partial charge in [0, 0.05) is 37.4 Å². The quantitative estimate of drug-likeness (QED) is 0.629. The van der Waals surface area contributed by atoms with E-state index in [4.69, 9.17) is 14.2 Å². The van der Waals surface area contributed by atoms with Gasteiger partial charge in [0.1, 0.15) is 11.5 Å². The van der Waals surface area contributed by atoms with Crippen molar-refractivity contribution in [1.82, 2.24) is 4.90 Å². The highest BCUT2D eigenvalue weighted by Crippen LogP contribution is 2.47. The molecule has 2 aromatic carbocycles. The molecule has 5 nitrogen and oxygen atoms in total. The topological polar surface area (TPSA) is 48.0 Å². The van der Waals surface area contributed by atoms with Crippen LogP contribution < -0.4 is 14.2 Å². The Labute approximate surface area is 185 Å². The van der Waals surface area contributed by atoms with Crippen LogP contribution in [0.1, 0.15) is 61.3 Å². The van der Waals surface area contributed by atoms with Crippen LogP contribution in [0.15, 0.2) is 36.4 Å². The van der Waals surface area contributed by atoms with Crippen LogP contribution in [0.3, 0.4) is 0 Å². The fourth-order valence-corrected chi connectivity index (χ4v) is 5.16. The summed E-state index contributed by atoms with van der Waals surface area (Å²) in [7, 11) is 5.02. The highest BCUT2D eigenvalue weighted by Gasteiger charge is 2.41. The molecule has 0 N–H and O–H groups in total. The van der Waals surface area contributed by atoms with Gasteiger partial charge in [0.2, 0.25) is 0 Å². The van der Waals surface area contributed by atoms with Gasteiger partial charge in [-0.2, -0.15) is 0 Å². The predicted octanol–water partition coefficient (Wildman–Crippen LogP) is 4.98. The highest BCUT2D eigenvalue weighted by molar-refractivity contribution is 5.83. The van der Waals surface area contributed by atoms with E-state index in [2.05, 4.69) is 36.1 Å². The van der Waals surface area contributed by atoms with Crippen LogP contribution in [-0.4, -0.2) is 45.1 Å². The number of methoxy groups -OCH3 is 3. The minimum atomic E-state index is 0.106. The Balaban J connectivity index is 1.76. The number of Topliss-reactive ketones (excluding diaryl/α,β-unsaturated/α-hetero) is 1. The molecule has 1 saturated heterocycles. The minimum Gasteiger partial charge on any atom is -0.497 e. The van der Waals surface area contributed by atoms with Gasteiger partial charge in [-0.15, -0.1) is 0 Å². The molecular weight excluding hydrogens is 390 g/mol. The zero-order valence-corrected chi connectivity index (χ0v) is 19.0. The van der Waals surface area contributed by atoms with Crippen molar-refractivity contribution in [2.75, 3.05) is 34.4 Å². The summed E-state index contributed by atoms with van der Waals surface area (Å²) in [6, 6.07) is 12.6. The number of unbranched alkanes of at least 4 members (excludes halogenated alkanes) is 1. The summed E-state index contributed by atoms with van der Waals surface area (Å²) in [5.74, 6) is 3.06. The smallest absolute Gasteiger partial charge is 0.161 e. The van der Waals surface area contributed by atoms with Gasteiger partial charge in [-0.3, -0.25) is 9.69 Å². The molecule has 31 heavy (non-hydrogen) atoms. The molecule has 5 heteroatoms. The molecule has 2 aromatic rings. The van der Waals surface area contributed by atoms with Gasteiger partial charge in [0.15, 0.2) is 11.5 Å². The maximum Gasteiger partial charge on any atom is 0.161 e. The maximum atomic E-state index is 13.0. The molecule has 0 bridgehead atoms. The van der Waals surface area contributed by atoms with Gasteiger partial charge in [-0.25, -0.2) is 0 Å². The monoisotopic (exact) mass is 423 g/mol. The SMILES string of the molecule is CCCCC1CN2CC(c3ccc(OC)cc3)c3cc(OC)c(OC)cc3C2CC1=O. The van der Waals surface area contributed by atoms with E-state index in [0.717, 1.165) is 49.6 Å². The van der Waals surface area contributed by atoms with Crippen molar-refractivity contribution in [2.45, 2.75) is 44.6 Å². The maximum absolute atomic E-state index is 13.0. The molecule has 4 rings (SSSR count). The third-order valence-corrected chi connectivity index (χ3v) is 6.91. The number of piperidine rings is 1. The van der Waals surface area contributed by atoms with Gasteiger partial charge in [-0.1, -0.05) is 31.9 Å². The van der Waals surface area contributed by atoms with Gasteiger partial charge >= 0.3 is 0 Å². The van der Waals surface area contributed by atoms with E-state index >= 15 is 0 Å². The van der Waals surface area contributed by atoms with Crippen molar-refractivity contribution < 1.29 is 19.0 Å². The first-order valence-electron chi connectivity index (χ1n) is 11.3. The lowest BCUT2D eigenvalue weighted by molar-refractivity contribution is -0.129. The fraction of sp³-hybridized carbons (Fsp3) is 0.500. The Morgan fingerprint density at radius 3 is 2.23 bits per heavy atom. The molecule has 2 aliphatic rings. The van der Waals surface area contributed by atoms with Crippen LogP contribution in [0.25, 0.3) is 0 Å². The summed E-state index contributed by atoms with van der Waals surface area (Å²) in [6.45, 7) is 3.92. The zero-order valence-electron chi connectivity index (χ0n) is 19.0. The number of nitrogens with zero attached hydrogens (tertiary/aromatic N) is 1. The van der Waals surface area contributed by atoms with E-state index in [9.17, 15) is 4.79 Å². The average molecular weight is 424 g/mol. The van der Waals surface area contributed by atoms with E-state index in [1.54, 1.807) is 21.3 Å². The van der Waals surface area contributed by atoms with Crippen molar-refractivity contribution in [3.8, 4) is 17.2 Å². The molecule has 2 aliphatic heterocycles. The number of benzene rings is 2. The van der Waals surface area contributed by atoms with Gasteiger partial charge in [0.25, 0.3) is 0 Å². The number of hydrogen-bond donors (Lipinski definition) is 0. The second-order valence-electron chi connectivity index (χ2n) is 8.64. The number of ether oxygens (including phenoxy) is 3. The van der Waals surface area contributed by atoms with Crippen molar-refractivity contribution in [3.05, 3.63) is 53.1 Å². The number of carbonyl (C=O) groups is 1. The standard InChI is InChI=1S/C26H33NO4/c1-5-6-7-18-15-27-16-22(17-8-10-19(29-2)11-9-17)20-12-25(30-3)26(31-4)13-21(20)23(27)14-24(18)28/h8-13,18,22-23H,5-7,14-16H2,1-4H3. The highest BCUT2D eigenvalue weighted by atomic mass is 16.5. The number of rotatable bonds is 7. The van der Waals surface area contributed by atoms with Crippen LogP contribution in [0, 0.1) is 5.92 Å². The molecular formula is C26H33NO4. The molecule has 1 fully saturated rings. The largest absolute Gasteiger partial charge is 0.497 e. The van der Waals surface area contributed by atoms with Crippen molar-refractivity contribution >= 4 is 5.78 Å². The van der Waals surface area contributed by atoms with E-state index in [1.807, 2.05) is 12.1 Å². The molecule has 0 aromatic heterocycles. The number of fused-ring (bicyclic) bond motifs is 3. The third-order valence-electron chi connectivity index (χ3n) is 6.91. The van der Waals surface area contributed by atoms with Crippen molar-refractivity contribution in [3.63, 3.8) is 0 Å². The lowest BCUT2D eigenvalue weighted by Gasteiger charge is -2.46. The summed E-state index contributed by atoms with van der Waals surface area (Å²) in [6.07, 6.45) is 3.80. The van der Waals surface area contributed by atoms with Crippen LogP contribution in [0.2, 0.25) is 0 Å². The van der Waals surface area contributed by atoms with Gasteiger partial charge in [-0.05, 0) is 47.4 Å². The van der Waals surface area contributed by atoms with Crippen LogP contribution in [0.4, 0.5) is 0 Å². The van der Waals surface area contributed by atoms with E-state index < -0.39 is 0 Å². The second kappa shape index (κ2) is 9.31. The van der Waals surface area contributed by atoms with E-state index in [1.165, 1.54) is 16.7 Å². The van der Waals surface area contributed by atoms with Crippen molar-refractivity contribution in [2.24, 2.45) is 5.92 Å². The minimum absolute atomic E-state index is 0.106. The molecule has 0 spiro atoms. The van der Waals surface area contributed by atoms with Gasteiger partial charge in [0.05, 0.1) is 21.3 Å². The first kappa shape index (κ1) is 21.7. The van der Waals surface area contributed by atoms with Crippen LogP contribution in [0.5, 0.6) is 17.2 Å². The summed E-state index contributed by atoms with van der Waals surface area (Å²) in [5.41, 5.74) is 3.66. The molecule has 0 radical (unpaired) electrons. The van der Waals surface area contributed by atoms with Crippen molar-refractivity contribution in [1.29, 1.82) is 0 Å².